The molecule has 18 heterocycles. The average molecular weight is 2000 g/mol. The van der Waals surface area contributed by atoms with E-state index >= 15 is 0 Å². The van der Waals surface area contributed by atoms with Crippen molar-refractivity contribution in [3.05, 3.63) is 248 Å². The van der Waals surface area contributed by atoms with E-state index in [-0.39, 0.29) is 47.9 Å². The highest BCUT2D eigenvalue weighted by molar-refractivity contribution is 9.11. The second-order valence-electron chi connectivity index (χ2n) is 31.6. The number of ether oxygens (including phenoxy) is 2. The molecule has 6 amide bonds. The molecule has 0 aliphatic carbocycles. The first-order valence-electron chi connectivity index (χ1n) is 42.0. The zero-order valence-electron chi connectivity index (χ0n) is 70.5. The second-order valence-corrected chi connectivity index (χ2v) is 34.7. The number of hydrogen-bond donors (Lipinski definition) is 6. The lowest BCUT2D eigenvalue weighted by Gasteiger charge is -2.31. The maximum atomic E-state index is 11.8. The van der Waals surface area contributed by atoms with Crippen LogP contribution in [0.3, 0.4) is 0 Å². The number of pyridine rings is 6. The van der Waals surface area contributed by atoms with Crippen LogP contribution in [0.25, 0.3) is 112 Å². The standard InChI is InChI=1S/C24H23BrN6O2.C23H22BrN7O2.C23H22BrN7O.C22H21BrN8O/c1-33-24(32)30-11-9-16(10-12-30)21-20(25)22(26)31-23(29-21)18(14-28-31)17-7-8-19(27-13-17)15-5-3-2-4-6-15;1-33-23(32)30-9-6-14(7-10-30)20-19(24)21(25)31-22(29-20)17(13-28-31)15-4-5-18(27-12-15)16-3-2-8-26-11-16;24-19-20(15-8-10-30(11-9-15)23(26)32)29-22-17(13-28-31(22)21(19)25)16-6-7-18(27-12-16)14-4-2-1-3-5-14;23-18-19(13-5-8-30(9-6-13)22(25)32)29-21-16(12-28-31(21)20(18)24)14-3-4-17(27-11-14)15-2-1-7-26-10-15/h2-8,13-14,16H,9-12,26H2,1H3;2-5,8,11-14H,6-7,9-10,25H2,1H3;1-7,12-13,15H,8-11,25H2,(H2,26,32);1-4,7,10-13H,5-6,8-9,24H2,(H2,25,32). The van der Waals surface area contributed by atoms with E-state index in [1.807, 2.05) is 158 Å². The molecule has 2 aromatic carbocycles. The molecular formula is C92H88Br4N28O6. The van der Waals surface area contributed by atoms with Crippen LogP contribution in [0.2, 0.25) is 0 Å². The average Bonchev–Trinajstić information content (AvgIpc) is 1.60. The Morgan fingerprint density at radius 1 is 0.308 bits per heavy atom. The third-order valence-corrected chi connectivity index (χ3v) is 27.2. The number of nitrogens with two attached hydrogens (primary N) is 6. The molecule has 0 atom stereocenters. The number of carbonyl (C=O) groups is 4. The number of rotatable bonds is 12. The third kappa shape index (κ3) is 18.3. The highest BCUT2D eigenvalue weighted by Gasteiger charge is 2.34. The first kappa shape index (κ1) is 88.1. The van der Waals surface area contributed by atoms with E-state index in [2.05, 4.69) is 114 Å². The number of likely N-dealkylation sites (tertiary alicyclic amines) is 4. The minimum absolute atomic E-state index is 0.168. The molecule has 4 saturated heterocycles. The number of nitrogen functional groups attached to an aromatic ring is 4. The van der Waals surface area contributed by atoms with E-state index in [0.717, 1.165) is 182 Å². The van der Waals surface area contributed by atoms with E-state index < -0.39 is 0 Å². The number of hydrogen-bond acceptors (Lipinski definition) is 24. The highest BCUT2D eigenvalue weighted by Crippen LogP contribution is 2.43. The molecule has 38 heteroatoms. The Labute approximate surface area is 778 Å². The molecule has 0 unspecified atom stereocenters. The van der Waals surface area contributed by atoms with Gasteiger partial charge in [0.2, 0.25) is 0 Å². The zero-order chi connectivity index (χ0) is 90.4. The van der Waals surface area contributed by atoms with Crippen LogP contribution >= 0.6 is 63.7 Å². The Kier molecular flexibility index (Phi) is 26.4. The van der Waals surface area contributed by atoms with Crippen molar-refractivity contribution >= 4 is 134 Å². The number of urea groups is 2. The molecule has 16 aromatic rings. The van der Waals surface area contributed by atoms with Crippen LogP contribution in [0.5, 0.6) is 0 Å². The van der Waals surface area contributed by atoms with Gasteiger partial charge in [-0.15, -0.1) is 0 Å². The molecule has 4 aliphatic rings. The number of nitrogens with zero attached hydrogens (tertiary/aromatic N) is 22. The number of benzene rings is 2. The van der Waals surface area contributed by atoms with Crippen molar-refractivity contribution in [2.24, 2.45) is 11.5 Å². The van der Waals surface area contributed by atoms with Crippen LogP contribution in [-0.2, 0) is 9.47 Å². The van der Waals surface area contributed by atoms with E-state index in [1.54, 1.807) is 87.2 Å². The molecule has 0 saturated carbocycles. The molecule has 130 heavy (non-hydrogen) atoms. The maximum Gasteiger partial charge on any atom is 0.409 e. The van der Waals surface area contributed by atoms with Crippen LogP contribution < -0.4 is 34.4 Å². The summed E-state index contributed by atoms with van der Waals surface area (Å²) in [6, 6.07) is 43.0. The fraction of sp³-hybridized carbons (Fsp3) is 0.239. The van der Waals surface area contributed by atoms with E-state index in [9.17, 15) is 19.2 Å². The Balaban J connectivity index is 0.000000121. The third-order valence-electron chi connectivity index (χ3n) is 24.0. The largest absolute Gasteiger partial charge is 0.453 e. The van der Waals surface area contributed by atoms with E-state index in [1.165, 1.54) is 14.2 Å². The van der Waals surface area contributed by atoms with Crippen LogP contribution in [0.4, 0.5) is 42.4 Å². The van der Waals surface area contributed by atoms with Crippen molar-refractivity contribution in [2.75, 3.05) is 89.5 Å². The van der Waals surface area contributed by atoms with Gasteiger partial charge < -0.3 is 63.5 Å². The Morgan fingerprint density at radius 3 is 0.777 bits per heavy atom. The number of aromatic nitrogens is 18. The van der Waals surface area contributed by atoms with Crippen molar-refractivity contribution in [3.8, 4) is 89.5 Å². The Bertz CT molecular complexity index is 6380. The van der Waals surface area contributed by atoms with Gasteiger partial charge in [0, 0.05) is 192 Å². The summed E-state index contributed by atoms with van der Waals surface area (Å²) < 4.78 is 19.2. The lowest BCUT2D eigenvalue weighted by atomic mass is 9.93. The Morgan fingerprint density at radius 2 is 0.554 bits per heavy atom. The predicted octanol–water partition coefficient (Wildman–Crippen LogP) is 16.4. The second kappa shape index (κ2) is 38.9. The molecule has 4 aliphatic heterocycles. The normalized spacial score (nSPS) is 14.6. The number of piperidine rings is 4. The minimum atomic E-state index is -0.384. The van der Waals surface area contributed by atoms with Crippen molar-refractivity contribution < 1.29 is 28.7 Å². The van der Waals surface area contributed by atoms with Gasteiger partial charge >= 0.3 is 24.2 Å². The lowest BCUT2D eigenvalue weighted by Crippen LogP contribution is -2.41. The number of methoxy groups -OCH3 is 2. The van der Waals surface area contributed by atoms with Gasteiger partial charge in [-0.3, -0.25) is 29.9 Å². The molecule has 0 radical (unpaired) electrons. The highest BCUT2D eigenvalue weighted by atomic mass is 79.9. The van der Waals surface area contributed by atoms with Crippen molar-refractivity contribution in [3.63, 3.8) is 0 Å². The van der Waals surface area contributed by atoms with Crippen molar-refractivity contribution in [2.45, 2.75) is 75.0 Å². The monoisotopic (exact) mass is 2000 g/mol. The van der Waals surface area contributed by atoms with Crippen molar-refractivity contribution in [1.82, 2.24) is 108 Å². The number of anilines is 4. The Hall–Kier alpha value is -14.0. The van der Waals surface area contributed by atoms with Gasteiger partial charge in [-0.2, -0.15) is 38.5 Å². The van der Waals surface area contributed by atoms with Gasteiger partial charge in [-0.25, -0.2) is 39.1 Å². The summed E-state index contributed by atoms with van der Waals surface area (Å²) in [5.74, 6) is 2.68. The predicted molar refractivity (Wildman–Crippen MR) is 509 cm³/mol. The summed E-state index contributed by atoms with van der Waals surface area (Å²) in [5.41, 5.74) is 57.4. The molecule has 12 N–H and O–H groups in total. The number of carbonyl (C=O) groups excluding carboxylic acids is 4. The van der Waals surface area contributed by atoms with Gasteiger partial charge in [0.25, 0.3) is 0 Å². The summed E-state index contributed by atoms with van der Waals surface area (Å²) in [7, 11) is 2.81. The van der Waals surface area contributed by atoms with Crippen LogP contribution in [0.1, 0.15) is 97.8 Å². The van der Waals surface area contributed by atoms with E-state index in [4.69, 9.17) is 63.8 Å². The van der Waals surface area contributed by atoms with Gasteiger partial charge in [0.1, 0.15) is 23.3 Å². The summed E-state index contributed by atoms with van der Waals surface area (Å²) in [6.45, 7) is 4.88. The molecule has 4 fully saturated rings. The van der Waals surface area contributed by atoms with Gasteiger partial charge in [0.05, 0.1) is 102 Å². The fourth-order valence-corrected chi connectivity index (χ4v) is 19.1. The molecule has 660 valence electrons. The first-order valence-corrected chi connectivity index (χ1v) is 45.2. The smallest absolute Gasteiger partial charge is 0.409 e. The van der Waals surface area contributed by atoms with Crippen LogP contribution in [-0.4, -0.2) is 199 Å². The lowest BCUT2D eigenvalue weighted by molar-refractivity contribution is 0.111. The summed E-state index contributed by atoms with van der Waals surface area (Å²) in [6.07, 6.45) is 27.0. The number of primary amides is 2. The maximum absolute atomic E-state index is 11.8. The number of amides is 6. The van der Waals surface area contributed by atoms with E-state index in [0.29, 0.717) is 98.2 Å². The van der Waals surface area contributed by atoms with Gasteiger partial charge in [-0.1, -0.05) is 84.9 Å². The molecular weight excluding hydrogens is 1910 g/mol. The summed E-state index contributed by atoms with van der Waals surface area (Å²) >= 11 is 14.5. The van der Waals surface area contributed by atoms with Gasteiger partial charge in [0.15, 0.2) is 22.6 Å². The van der Waals surface area contributed by atoms with Gasteiger partial charge in [-0.05, 0) is 164 Å². The molecule has 0 bridgehead atoms. The summed E-state index contributed by atoms with van der Waals surface area (Å²) in [5, 5.41) is 17.8. The SMILES string of the molecule is COC(=O)N1CCC(c2nc3c(-c4ccc(-c5ccccc5)nc4)cnn3c(N)c2Br)CC1.COC(=O)N1CCC(c2nc3c(-c4ccc(-c5cccnc5)nc4)cnn3c(N)c2Br)CC1.NC(=O)N1CCC(c2nc3c(-c4ccc(-c5ccccc5)nc4)cnn3c(N)c2Br)CC1.NC(=O)N1CCC(c2nc3c(-c4ccc(-c5cccnc5)nc4)cnn3c(N)c2Br)CC1. The quantitative estimate of drug-likeness (QED) is 0.0661. The topological polar surface area (TPSA) is 454 Å². The fourth-order valence-electron chi connectivity index (χ4n) is 16.8. The number of fused-ring (bicyclic) bond motifs is 4. The van der Waals surface area contributed by atoms with Crippen LogP contribution in [0, 0.1) is 0 Å². The minimum Gasteiger partial charge on any atom is -0.453 e. The zero-order valence-corrected chi connectivity index (χ0v) is 76.9. The van der Waals surface area contributed by atoms with Crippen LogP contribution in [0.15, 0.2) is 226 Å². The molecule has 14 aromatic heterocycles. The molecule has 0 spiro atoms. The first-order chi connectivity index (χ1) is 63.2. The van der Waals surface area contributed by atoms with Crippen molar-refractivity contribution in [1.29, 1.82) is 0 Å². The molecule has 34 nitrogen and oxygen atoms in total. The summed E-state index contributed by atoms with van der Waals surface area (Å²) in [4.78, 5) is 100.0. The molecule has 20 rings (SSSR count). The number of halogens is 4.